The van der Waals surface area contributed by atoms with Gasteiger partial charge in [0.1, 0.15) is 6.10 Å². The molecule has 2 aromatic rings. The molecule has 0 spiro atoms. The molecule has 3 heterocycles. The maximum Gasteiger partial charge on any atom is 0.328 e. The van der Waals surface area contributed by atoms with Gasteiger partial charge in [0.25, 0.3) is 5.56 Å². The van der Waals surface area contributed by atoms with Gasteiger partial charge >= 0.3 is 5.69 Å². The smallest absolute Gasteiger partial charge is 0.328 e. The van der Waals surface area contributed by atoms with E-state index in [0.717, 1.165) is 12.2 Å². The van der Waals surface area contributed by atoms with E-state index in [4.69, 9.17) is 5.11 Å². The van der Waals surface area contributed by atoms with Gasteiger partial charge < -0.3 is 15.2 Å². The van der Waals surface area contributed by atoms with Crippen molar-refractivity contribution in [1.82, 2.24) is 24.2 Å². The van der Waals surface area contributed by atoms with Gasteiger partial charge in [-0.05, 0) is 13.0 Å². The molecule has 0 radical (unpaired) electrons. The molecule has 2 aromatic heterocycles. The van der Waals surface area contributed by atoms with Crippen LogP contribution in [-0.2, 0) is 19.6 Å². The highest BCUT2D eigenvalue weighted by Crippen LogP contribution is 2.17. The topological polar surface area (TPSA) is 116 Å². The number of nitrogens with zero attached hydrogens (tertiary/aromatic N) is 4. The molecule has 0 bridgehead atoms. The van der Waals surface area contributed by atoms with Crippen molar-refractivity contribution in [3.8, 4) is 0 Å². The van der Waals surface area contributed by atoms with Gasteiger partial charge in [0.2, 0.25) is 0 Å². The molecular formula is C15H21N5O4. The summed E-state index contributed by atoms with van der Waals surface area (Å²) in [6, 6.07) is 3.19. The lowest BCUT2D eigenvalue weighted by Gasteiger charge is -2.27. The van der Waals surface area contributed by atoms with Crippen LogP contribution in [0.1, 0.15) is 23.2 Å². The van der Waals surface area contributed by atoms with Gasteiger partial charge in [0.15, 0.2) is 0 Å². The molecule has 3 N–H and O–H groups in total. The molecular weight excluding hydrogens is 314 g/mol. The number of nitrogens with one attached hydrogen (secondary N) is 1. The Morgan fingerprint density at radius 2 is 2.08 bits per heavy atom. The molecule has 24 heavy (non-hydrogen) atoms. The first-order chi connectivity index (χ1) is 11.5. The second kappa shape index (κ2) is 6.71. The Morgan fingerprint density at radius 1 is 1.29 bits per heavy atom. The molecule has 0 aliphatic carbocycles. The molecule has 1 aliphatic rings. The summed E-state index contributed by atoms with van der Waals surface area (Å²) >= 11 is 0. The van der Waals surface area contributed by atoms with Crippen molar-refractivity contribution in [2.24, 2.45) is 0 Å². The maximum atomic E-state index is 11.9. The first kappa shape index (κ1) is 16.6. The largest absolute Gasteiger partial charge is 0.393 e. The number of H-pyrrole nitrogens is 1. The normalized spacial score (nSPS) is 16.1. The molecule has 1 atom stereocenters. The summed E-state index contributed by atoms with van der Waals surface area (Å²) in [6.07, 6.45) is -0.971. The minimum Gasteiger partial charge on any atom is -0.393 e. The highest BCUT2D eigenvalue weighted by atomic mass is 16.3. The van der Waals surface area contributed by atoms with Crippen molar-refractivity contribution in [3.05, 3.63) is 50.1 Å². The first-order valence-electron chi connectivity index (χ1n) is 7.86. The highest BCUT2D eigenvalue weighted by Gasteiger charge is 2.21. The number of aromatic nitrogens is 4. The van der Waals surface area contributed by atoms with Crippen molar-refractivity contribution < 1.29 is 10.2 Å². The van der Waals surface area contributed by atoms with E-state index in [1.807, 2.05) is 4.68 Å². The first-order valence-corrected chi connectivity index (χ1v) is 7.86. The zero-order valence-corrected chi connectivity index (χ0v) is 13.5. The number of hydrogen-bond donors (Lipinski definition) is 3. The van der Waals surface area contributed by atoms with Crippen molar-refractivity contribution >= 4 is 0 Å². The minimum atomic E-state index is -0.971. The fourth-order valence-corrected chi connectivity index (χ4v) is 2.88. The van der Waals surface area contributed by atoms with E-state index in [9.17, 15) is 14.7 Å². The van der Waals surface area contributed by atoms with Gasteiger partial charge in [0, 0.05) is 37.9 Å². The third kappa shape index (κ3) is 3.32. The Kier molecular flexibility index (Phi) is 4.65. The SMILES string of the molecule is Cc1cc(=O)n(CCN2CCn3nc([C@@H](O)CO)cc3C2)c(=O)[nH]1. The van der Waals surface area contributed by atoms with Gasteiger partial charge in [-0.1, -0.05) is 0 Å². The number of aryl methyl sites for hydroxylation is 1. The summed E-state index contributed by atoms with van der Waals surface area (Å²) in [5.74, 6) is 0. The second-order valence-electron chi connectivity index (χ2n) is 6.01. The number of aliphatic hydroxyl groups excluding tert-OH is 2. The highest BCUT2D eigenvalue weighted by molar-refractivity contribution is 5.14. The fourth-order valence-electron chi connectivity index (χ4n) is 2.88. The molecule has 0 aromatic carbocycles. The van der Waals surface area contributed by atoms with Gasteiger partial charge in [-0.25, -0.2) is 4.79 Å². The standard InChI is InChI=1S/C15H21N5O4/c1-10-6-14(23)19(15(24)16-10)4-2-18-3-5-20-11(8-18)7-12(17-20)13(22)9-21/h6-7,13,21-22H,2-5,8-9H2,1H3,(H,16,24)/t13-/m0/s1. The average Bonchev–Trinajstić information content (AvgIpc) is 2.96. The molecule has 9 nitrogen and oxygen atoms in total. The van der Waals surface area contributed by atoms with Crippen LogP contribution in [-0.4, -0.2) is 54.1 Å². The van der Waals surface area contributed by atoms with E-state index in [2.05, 4.69) is 15.0 Å². The van der Waals surface area contributed by atoms with E-state index in [1.54, 1.807) is 13.0 Å². The Balaban J connectivity index is 1.68. The molecule has 1 aliphatic heterocycles. The molecule has 0 saturated heterocycles. The summed E-state index contributed by atoms with van der Waals surface area (Å²) in [6.45, 7) is 4.21. The summed E-state index contributed by atoms with van der Waals surface area (Å²) in [4.78, 5) is 28.5. The van der Waals surface area contributed by atoms with Gasteiger partial charge in [-0.3, -0.25) is 18.9 Å². The van der Waals surface area contributed by atoms with Crippen LogP contribution in [0.5, 0.6) is 0 Å². The third-order valence-electron chi connectivity index (χ3n) is 4.21. The number of aromatic amines is 1. The van der Waals surface area contributed by atoms with Gasteiger partial charge in [-0.15, -0.1) is 0 Å². The molecule has 9 heteroatoms. The number of rotatable bonds is 5. The molecule has 0 amide bonds. The molecule has 0 saturated carbocycles. The number of aliphatic hydroxyl groups is 2. The second-order valence-corrected chi connectivity index (χ2v) is 6.01. The van der Waals surface area contributed by atoms with Crippen LogP contribution < -0.4 is 11.2 Å². The van der Waals surface area contributed by atoms with Crippen LogP contribution in [0, 0.1) is 6.92 Å². The molecule has 3 rings (SSSR count). The molecule has 0 fully saturated rings. The Morgan fingerprint density at radius 3 is 2.79 bits per heavy atom. The van der Waals surface area contributed by atoms with Crippen molar-refractivity contribution in [2.45, 2.75) is 32.7 Å². The monoisotopic (exact) mass is 335 g/mol. The summed E-state index contributed by atoms with van der Waals surface area (Å²) in [5.41, 5.74) is 1.26. The maximum absolute atomic E-state index is 11.9. The summed E-state index contributed by atoms with van der Waals surface area (Å²) in [5, 5.41) is 23.0. The van der Waals surface area contributed by atoms with Gasteiger partial charge in [0.05, 0.1) is 24.5 Å². The van der Waals surface area contributed by atoms with Crippen molar-refractivity contribution in [3.63, 3.8) is 0 Å². The van der Waals surface area contributed by atoms with Crippen molar-refractivity contribution in [2.75, 3.05) is 19.7 Å². The van der Waals surface area contributed by atoms with Crippen LogP contribution in [0.2, 0.25) is 0 Å². The van der Waals surface area contributed by atoms with Crippen LogP contribution >= 0.6 is 0 Å². The molecule has 130 valence electrons. The lowest BCUT2D eigenvalue weighted by molar-refractivity contribution is 0.0915. The van der Waals surface area contributed by atoms with E-state index in [0.29, 0.717) is 37.6 Å². The van der Waals surface area contributed by atoms with Gasteiger partial charge in [-0.2, -0.15) is 5.10 Å². The van der Waals surface area contributed by atoms with Crippen LogP contribution in [0.3, 0.4) is 0 Å². The van der Waals surface area contributed by atoms with Crippen LogP contribution in [0.15, 0.2) is 21.7 Å². The minimum absolute atomic E-state index is 0.299. The van der Waals surface area contributed by atoms with Crippen LogP contribution in [0.25, 0.3) is 0 Å². The predicted octanol–water partition coefficient (Wildman–Crippen LogP) is -1.42. The zero-order chi connectivity index (χ0) is 17.3. The number of fused-ring (bicyclic) bond motifs is 1. The van der Waals surface area contributed by atoms with Crippen molar-refractivity contribution in [1.29, 1.82) is 0 Å². The van der Waals surface area contributed by atoms with E-state index in [-0.39, 0.29) is 12.2 Å². The zero-order valence-electron chi connectivity index (χ0n) is 13.5. The predicted molar refractivity (Wildman–Crippen MR) is 85.6 cm³/mol. The lowest BCUT2D eigenvalue weighted by atomic mass is 10.2. The third-order valence-corrected chi connectivity index (χ3v) is 4.21. The lowest BCUT2D eigenvalue weighted by Crippen LogP contribution is -2.41. The average molecular weight is 335 g/mol. The van der Waals surface area contributed by atoms with E-state index < -0.39 is 11.8 Å². The molecule has 0 unspecified atom stereocenters. The Bertz CT molecular complexity index is 806. The summed E-state index contributed by atoms with van der Waals surface area (Å²) in [7, 11) is 0. The Hall–Kier alpha value is -2.23. The Labute approximate surface area is 137 Å². The quantitative estimate of drug-likeness (QED) is 0.618. The number of hydrogen-bond acceptors (Lipinski definition) is 6. The van der Waals surface area contributed by atoms with Crippen LogP contribution in [0.4, 0.5) is 0 Å². The van der Waals surface area contributed by atoms with E-state index in [1.165, 1.54) is 10.6 Å². The van der Waals surface area contributed by atoms with E-state index >= 15 is 0 Å². The fraction of sp³-hybridized carbons (Fsp3) is 0.533. The summed E-state index contributed by atoms with van der Waals surface area (Å²) < 4.78 is 3.01.